The molecular weight excluding hydrogens is 158 g/mol. The van der Waals surface area contributed by atoms with Crippen LogP contribution in [0.3, 0.4) is 0 Å². The lowest BCUT2D eigenvalue weighted by atomic mass is 9.79. The van der Waals surface area contributed by atoms with E-state index in [4.69, 9.17) is 0 Å². The third-order valence-electron chi connectivity index (χ3n) is 4.16. The molecule has 76 valence electrons. The normalized spacial score (nSPS) is 40.4. The summed E-state index contributed by atoms with van der Waals surface area (Å²) in [6.45, 7) is 9.77. The van der Waals surface area contributed by atoms with Crippen LogP contribution in [0.4, 0.5) is 0 Å². The van der Waals surface area contributed by atoms with Gasteiger partial charge in [-0.1, -0.05) is 20.8 Å². The molecule has 0 amide bonds. The Morgan fingerprint density at radius 2 is 1.77 bits per heavy atom. The highest BCUT2D eigenvalue weighted by Crippen LogP contribution is 2.47. The average Bonchev–Trinajstić information content (AvgIpc) is 2.45. The largest absolute Gasteiger partial charge is 0.316 e. The maximum Gasteiger partial charge on any atom is -0.00177 e. The Balaban J connectivity index is 1.99. The van der Waals surface area contributed by atoms with E-state index in [1.54, 1.807) is 0 Å². The molecule has 0 radical (unpaired) electrons. The van der Waals surface area contributed by atoms with Crippen molar-refractivity contribution in [3.8, 4) is 0 Å². The van der Waals surface area contributed by atoms with Crippen molar-refractivity contribution < 1.29 is 0 Å². The van der Waals surface area contributed by atoms with E-state index in [2.05, 4.69) is 26.1 Å². The first-order valence-electron chi connectivity index (χ1n) is 5.78. The first-order chi connectivity index (χ1) is 6.07. The van der Waals surface area contributed by atoms with E-state index in [1.807, 2.05) is 0 Å². The molecule has 0 aromatic carbocycles. The minimum atomic E-state index is 0.539. The Kier molecular flexibility index (Phi) is 2.39. The minimum Gasteiger partial charge on any atom is -0.316 e. The molecule has 1 aliphatic heterocycles. The molecule has 0 aromatic heterocycles. The Hall–Kier alpha value is -0.0400. The van der Waals surface area contributed by atoms with Gasteiger partial charge >= 0.3 is 0 Å². The highest BCUT2D eigenvalue weighted by Gasteiger charge is 2.40. The van der Waals surface area contributed by atoms with Gasteiger partial charge in [-0.05, 0) is 55.5 Å². The molecule has 2 fully saturated rings. The van der Waals surface area contributed by atoms with E-state index in [9.17, 15) is 0 Å². The van der Waals surface area contributed by atoms with Gasteiger partial charge < -0.3 is 5.32 Å². The molecule has 1 heteroatoms. The van der Waals surface area contributed by atoms with Gasteiger partial charge in [-0.3, -0.25) is 0 Å². The molecule has 1 heterocycles. The fourth-order valence-electron chi connectivity index (χ4n) is 3.10. The molecule has 13 heavy (non-hydrogen) atoms. The zero-order valence-electron chi connectivity index (χ0n) is 9.27. The van der Waals surface area contributed by atoms with Crippen LogP contribution < -0.4 is 5.32 Å². The van der Waals surface area contributed by atoms with Crippen molar-refractivity contribution in [2.75, 3.05) is 13.1 Å². The second kappa shape index (κ2) is 3.27. The van der Waals surface area contributed by atoms with Gasteiger partial charge in [-0.25, -0.2) is 0 Å². The van der Waals surface area contributed by atoms with E-state index >= 15 is 0 Å². The average molecular weight is 181 g/mol. The third-order valence-corrected chi connectivity index (χ3v) is 4.16. The summed E-state index contributed by atoms with van der Waals surface area (Å²) in [5.41, 5.74) is 0.539. The van der Waals surface area contributed by atoms with E-state index in [0.29, 0.717) is 5.41 Å². The van der Waals surface area contributed by atoms with Gasteiger partial charge in [-0.2, -0.15) is 0 Å². The lowest BCUT2D eigenvalue weighted by Gasteiger charge is -2.26. The fourth-order valence-corrected chi connectivity index (χ4v) is 3.10. The Morgan fingerprint density at radius 1 is 1.08 bits per heavy atom. The van der Waals surface area contributed by atoms with Crippen LogP contribution in [0.25, 0.3) is 0 Å². The monoisotopic (exact) mass is 181 g/mol. The molecule has 1 N–H and O–H groups in total. The molecule has 3 atom stereocenters. The van der Waals surface area contributed by atoms with Crippen molar-refractivity contribution >= 4 is 0 Å². The van der Waals surface area contributed by atoms with Crippen molar-refractivity contribution in [3.05, 3.63) is 0 Å². The zero-order chi connectivity index (χ0) is 9.47. The predicted octanol–water partition coefficient (Wildman–Crippen LogP) is 2.67. The van der Waals surface area contributed by atoms with Crippen LogP contribution in [0, 0.1) is 23.2 Å². The number of fused-ring (bicyclic) bond motifs is 1. The maximum absolute atomic E-state index is 3.53. The number of rotatable bonds is 0. The number of piperidine rings is 1. The lowest BCUT2D eigenvalue weighted by Crippen LogP contribution is -2.33. The summed E-state index contributed by atoms with van der Waals surface area (Å²) in [5.74, 6) is 3.02. The summed E-state index contributed by atoms with van der Waals surface area (Å²) in [6, 6.07) is 0. The molecule has 0 aromatic rings. The van der Waals surface area contributed by atoms with E-state index < -0.39 is 0 Å². The molecule has 2 unspecified atom stereocenters. The van der Waals surface area contributed by atoms with Gasteiger partial charge in [0.05, 0.1) is 0 Å². The molecule has 1 saturated carbocycles. The molecule has 2 rings (SSSR count). The van der Waals surface area contributed by atoms with Gasteiger partial charge in [0.1, 0.15) is 0 Å². The Morgan fingerprint density at radius 3 is 2.38 bits per heavy atom. The van der Waals surface area contributed by atoms with Crippen LogP contribution in [-0.4, -0.2) is 13.1 Å². The number of hydrogen-bond acceptors (Lipinski definition) is 1. The number of nitrogens with one attached hydrogen (secondary N) is 1. The van der Waals surface area contributed by atoms with Gasteiger partial charge in [0.25, 0.3) is 0 Å². The van der Waals surface area contributed by atoms with Crippen LogP contribution in [-0.2, 0) is 0 Å². The third kappa shape index (κ3) is 1.90. The maximum atomic E-state index is 3.53. The summed E-state index contributed by atoms with van der Waals surface area (Å²) in [6.07, 6.45) is 4.40. The molecule has 1 aliphatic carbocycles. The fraction of sp³-hybridized carbons (Fsp3) is 1.00. The van der Waals surface area contributed by atoms with Crippen molar-refractivity contribution in [2.24, 2.45) is 23.2 Å². The van der Waals surface area contributed by atoms with Crippen LogP contribution in [0.1, 0.15) is 40.0 Å². The first-order valence-corrected chi connectivity index (χ1v) is 5.78. The second-order valence-corrected chi connectivity index (χ2v) is 6.05. The van der Waals surface area contributed by atoms with Gasteiger partial charge in [0.15, 0.2) is 0 Å². The highest BCUT2D eigenvalue weighted by molar-refractivity contribution is 4.91. The summed E-state index contributed by atoms with van der Waals surface area (Å²) in [4.78, 5) is 0. The molecule has 0 bridgehead atoms. The van der Waals surface area contributed by atoms with Gasteiger partial charge in [-0.15, -0.1) is 0 Å². The molecular formula is C12H23N. The van der Waals surface area contributed by atoms with Crippen molar-refractivity contribution in [1.29, 1.82) is 0 Å². The summed E-state index contributed by atoms with van der Waals surface area (Å²) >= 11 is 0. The number of hydrogen-bond donors (Lipinski definition) is 1. The Bertz CT molecular complexity index is 166. The second-order valence-electron chi connectivity index (χ2n) is 6.05. The standard InChI is InChI=1S/C12H23N/c1-12(2,3)11-6-9-4-5-13-8-10(9)7-11/h9-11,13H,4-8H2,1-3H3/t9?,10?,11-/m1/s1. The molecule has 2 aliphatic rings. The van der Waals surface area contributed by atoms with Crippen molar-refractivity contribution in [2.45, 2.75) is 40.0 Å². The molecule has 1 nitrogen and oxygen atoms in total. The first kappa shape index (κ1) is 9.51. The lowest BCUT2D eigenvalue weighted by molar-refractivity contribution is 0.237. The van der Waals surface area contributed by atoms with E-state index in [1.165, 1.54) is 32.4 Å². The van der Waals surface area contributed by atoms with Crippen LogP contribution in [0.5, 0.6) is 0 Å². The Labute approximate surface area is 82.3 Å². The molecule has 0 spiro atoms. The van der Waals surface area contributed by atoms with Crippen molar-refractivity contribution in [1.82, 2.24) is 5.32 Å². The predicted molar refractivity (Wildman–Crippen MR) is 56.6 cm³/mol. The summed E-state index contributed by atoms with van der Waals surface area (Å²) in [5, 5.41) is 3.53. The summed E-state index contributed by atoms with van der Waals surface area (Å²) < 4.78 is 0. The van der Waals surface area contributed by atoms with Crippen LogP contribution in [0.15, 0.2) is 0 Å². The highest BCUT2D eigenvalue weighted by atomic mass is 14.9. The molecule has 1 saturated heterocycles. The SMILES string of the molecule is CC(C)(C)[C@@H]1CC2CCNCC2C1. The summed E-state index contributed by atoms with van der Waals surface area (Å²) in [7, 11) is 0. The van der Waals surface area contributed by atoms with Crippen LogP contribution in [0.2, 0.25) is 0 Å². The van der Waals surface area contributed by atoms with E-state index in [-0.39, 0.29) is 0 Å². The van der Waals surface area contributed by atoms with Crippen LogP contribution >= 0.6 is 0 Å². The topological polar surface area (TPSA) is 12.0 Å². The van der Waals surface area contributed by atoms with Gasteiger partial charge in [0, 0.05) is 0 Å². The van der Waals surface area contributed by atoms with Gasteiger partial charge in [0.2, 0.25) is 0 Å². The smallest absolute Gasteiger partial charge is 0.00177 e. The van der Waals surface area contributed by atoms with Crippen molar-refractivity contribution in [3.63, 3.8) is 0 Å². The van der Waals surface area contributed by atoms with E-state index in [0.717, 1.165) is 17.8 Å². The minimum absolute atomic E-state index is 0.539. The zero-order valence-corrected chi connectivity index (χ0v) is 9.27. The quantitative estimate of drug-likeness (QED) is 0.606.